The molecule has 0 atom stereocenters. The van der Waals surface area contributed by atoms with Crippen LogP contribution in [-0.4, -0.2) is 47.7 Å². The topological polar surface area (TPSA) is 75.5 Å². The van der Waals surface area contributed by atoms with Gasteiger partial charge in [0.25, 0.3) is 5.69 Å². The number of thioether (sulfide) groups is 1. The Balaban J connectivity index is 1.84. The summed E-state index contributed by atoms with van der Waals surface area (Å²) >= 11 is 1.42. The zero-order valence-corrected chi connectivity index (χ0v) is 11.9. The average Bonchev–Trinajstić information content (AvgIpc) is 2.74. The number of nitrogens with zero attached hydrogens (tertiary/aromatic N) is 2. The summed E-state index contributed by atoms with van der Waals surface area (Å²) in [6.45, 7) is 3.35. The van der Waals surface area contributed by atoms with Crippen molar-refractivity contribution in [2.24, 2.45) is 0 Å². The molecule has 1 aromatic carbocycles. The summed E-state index contributed by atoms with van der Waals surface area (Å²) in [6.07, 6.45) is 0.980. The number of non-ortho nitro benzene ring substituents is 1. The Morgan fingerprint density at radius 1 is 1.30 bits per heavy atom. The molecule has 0 radical (unpaired) electrons. The van der Waals surface area contributed by atoms with Crippen LogP contribution in [0.1, 0.15) is 6.42 Å². The molecule has 1 aliphatic heterocycles. The molecule has 0 aliphatic carbocycles. The number of nitrogens with one attached hydrogen (secondary N) is 1. The Hall–Kier alpha value is -1.60. The fourth-order valence-electron chi connectivity index (χ4n) is 2.00. The molecule has 108 valence electrons. The fraction of sp³-hybridized carbons (Fsp3) is 0.462. The zero-order valence-electron chi connectivity index (χ0n) is 11.1. The maximum Gasteiger partial charge on any atom is 0.269 e. The fourth-order valence-corrected chi connectivity index (χ4v) is 2.80. The van der Waals surface area contributed by atoms with Crippen molar-refractivity contribution in [1.82, 2.24) is 10.2 Å². The quantitative estimate of drug-likeness (QED) is 0.517. The molecule has 0 unspecified atom stereocenters. The standard InChI is InChI=1S/C13H17N3O3S/c17-13(15-8-1-6-14-7-9-15)10-20-12-4-2-11(3-5-12)16(18)19/h2-5,14H,1,6-10H2. The number of hydrogen-bond donors (Lipinski definition) is 1. The van der Waals surface area contributed by atoms with Crippen molar-refractivity contribution < 1.29 is 9.72 Å². The van der Waals surface area contributed by atoms with Crippen molar-refractivity contribution in [3.63, 3.8) is 0 Å². The molecular weight excluding hydrogens is 278 g/mol. The van der Waals surface area contributed by atoms with Crippen LogP contribution in [0.25, 0.3) is 0 Å². The van der Waals surface area contributed by atoms with Gasteiger partial charge in [0, 0.05) is 36.7 Å². The third-order valence-corrected chi connectivity index (χ3v) is 4.10. The van der Waals surface area contributed by atoms with E-state index in [0.717, 1.165) is 37.5 Å². The van der Waals surface area contributed by atoms with E-state index in [-0.39, 0.29) is 11.6 Å². The van der Waals surface area contributed by atoms with Gasteiger partial charge >= 0.3 is 0 Å². The first-order valence-electron chi connectivity index (χ1n) is 6.52. The summed E-state index contributed by atoms with van der Waals surface area (Å²) < 4.78 is 0. The van der Waals surface area contributed by atoms with E-state index in [1.165, 1.54) is 23.9 Å². The maximum absolute atomic E-state index is 12.1. The van der Waals surface area contributed by atoms with Gasteiger partial charge in [-0.15, -0.1) is 11.8 Å². The van der Waals surface area contributed by atoms with Crippen LogP contribution in [0.3, 0.4) is 0 Å². The van der Waals surface area contributed by atoms with Gasteiger partial charge in [-0.3, -0.25) is 14.9 Å². The van der Waals surface area contributed by atoms with E-state index in [1.54, 1.807) is 12.1 Å². The van der Waals surface area contributed by atoms with Gasteiger partial charge in [-0.2, -0.15) is 0 Å². The summed E-state index contributed by atoms with van der Waals surface area (Å²) in [5, 5.41) is 13.8. The van der Waals surface area contributed by atoms with Crippen LogP contribution in [0, 0.1) is 10.1 Å². The van der Waals surface area contributed by atoms with E-state index in [1.807, 2.05) is 4.90 Å². The number of carbonyl (C=O) groups excluding carboxylic acids is 1. The molecule has 1 heterocycles. The van der Waals surface area contributed by atoms with E-state index in [2.05, 4.69) is 5.32 Å². The normalized spacial score (nSPS) is 15.7. The van der Waals surface area contributed by atoms with Gasteiger partial charge in [-0.05, 0) is 25.1 Å². The molecule has 2 rings (SSSR count). The molecule has 0 spiro atoms. The molecule has 1 saturated heterocycles. The lowest BCUT2D eigenvalue weighted by atomic mass is 10.3. The number of rotatable bonds is 4. The Labute approximate surface area is 121 Å². The third kappa shape index (κ3) is 4.21. The van der Waals surface area contributed by atoms with E-state index >= 15 is 0 Å². The Kier molecular flexibility index (Phi) is 5.37. The largest absolute Gasteiger partial charge is 0.341 e. The van der Waals surface area contributed by atoms with Crippen molar-refractivity contribution in [2.75, 3.05) is 31.9 Å². The van der Waals surface area contributed by atoms with Gasteiger partial charge in [0.1, 0.15) is 0 Å². The van der Waals surface area contributed by atoms with Gasteiger partial charge in [0.2, 0.25) is 5.91 Å². The lowest BCUT2D eigenvalue weighted by Gasteiger charge is -2.19. The Morgan fingerprint density at radius 3 is 2.75 bits per heavy atom. The van der Waals surface area contributed by atoms with Crippen molar-refractivity contribution in [1.29, 1.82) is 0 Å². The van der Waals surface area contributed by atoms with Gasteiger partial charge in [0.15, 0.2) is 0 Å². The number of nitro groups is 1. The summed E-state index contributed by atoms with van der Waals surface area (Å²) in [4.78, 5) is 24.9. The number of carbonyl (C=O) groups is 1. The SMILES string of the molecule is O=C(CSc1ccc([N+](=O)[O-])cc1)N1CCCNCC1. The zero-order chi connectivity index (χ0) is 14.4. The van der Waals surface area contributed by atoms with Crippen molar-refractivity contribution in [2.45, 2.75) is 11.3 Å². The summed E-state index contributed by atoms with van der Waals surface area (Å²) in [6, 6.07) is 6.28. The highest BCUT2D eigenvalue weighted by atomic mass is 32.2. The second-order valence-electron chi connectivity index (χ2n) is 4.52. The Bertz CT molecular complexity index is 470. The first-order valence-corrected chi connectivity index (χ1v) is 7.51. The van der Waals surface area contributed by atoms with Crippen LogP contribution in [-0.2, 0) is 4.79 Å². The van der Waals surface area contributed by atoms with Crippen molar-refractivity contribution in [3.8, 4) is 0 Å². The second kappa shape index (κ2) is 7.25. The van der Waals surface area contributed by atoms with Gasteiger partial charge < -0.3 is 10.2 Å². The van der Waals surface area contributed by atoms with E-state index in [0.29, 0.717) is 5.75 Å². The average molecular weight is 295 g/mol. The number of hydrogen-bond acceptors (Lipinski definition) is 5. The van der Waals surface area contributed by atoms with Crippen LogP contribution in [0.5, 0.6) is 0 Å². The molecule has 6 nitrogen and oxygen atoms in total. The predicted octanol–water partition coefficient (Wildman–Crippen LogP) is 1.51. The number of nitro benzene ring substituents is 1. The number of amides is 1. The van der Waals surface area contributed by atoms with Crippen LogP contribution < -0.4 is 5.32 Å². The molecule has 20 heavy (non-hydrogen) atoms. The van der Waals surface area contributed by atoms with Gasteiger partial charge in [-0.25, -0.2) is 0 Å². The predicted molar refractivity (Wildman–Crippen MR) is 77.9 cm³/mol. The van der Waals surface area contributed by atoms with Gasteiger partial charge in [0.05, 0.1) is 10.7 Å². The van der Waals surface area contributed by atoms with E-state index in [9.17, 15) is 14.9 Å². The summed E-state index contributed by atoms with van der Waals surface area (Å²) in [5.41, 5.74) is 0.0688. The van der Waals surface area contributed by atoms with Crippen LogP contribution >= 0.6 is 11.8 Å². The molecule has 1 aliphatic rings. The molecule has 0 saturated carbocycles. The smallest absolute Gasteiger partial charge is 0.269 e. The first kappa shape index (κ1) is 14.8. The lowest BCUT2D eigenvalue weighted by molar-refractivity contribution is -0.384. The first-order chi connectivity index (χ1) is 9.66. The molecule has 1 amide bonds. The second-order valence-corrected chi connectivity index (χ2v) is 5.57. The minimum Gasteiger partial charge on any atom is -0.341 e. The lowest BCUT2D eigenvalue weighted by Crippen LogP contribution is -2.35. The van der Waals surface area contributed by atoms with Crippen molar-refractivity contribution in [3.05, 3.63) is 34.4 Å². The molecule has 1 N–H and O–H groups in total. The maximum atomic E-state index is 12.1. The highest BCUT2D eigenvalue weighted by Crippen LogP contribution is 2.21. The minimum atomic E-state index is -0.427. The van der Waals surface area contributed by atoms with E-state index < -0.39 is 4.92 Å². The molecule has 0 bridgehead atoms. The monoisotopic (exact) mass is 295 g/mol. The van der Waals surface area contributed by atoms with Crippen LogP contribution in [0.15, 0.2) is 29.2 Å². The highest BCUT2D eigenvalue weighted by Gasteiger charge is 2.15. The van der Waals surface area contributed by atoms with E-state index in [4.69, 9.17) is 0 Å². The molecule has 1 aromatic rings. The molecule has 7 heteroatoms. The van der Waals surface area contributed by atoms with Gasteiger partial charge in [-0.1, -0.05) is 0 Å². The minimum absolute atomic E-state index is 0.0688. The molecule has 0 aromatic heterocycles. The summed E-state index contributed by atoms with van der Waals surface area (Å²) in [5.74, 6) is 0.495. The molecule has 1 fully saturated rings. The van der Waals surface area contributed by atoms with Crippen LogP contribution in [0.4, 0.5) is 5.69 Å². The highest BCUT2D eigenvalue weighted by molar-refractivity contribution is 8.00. The Morgan fingerprint density at radius 2 is 2.05 bits per heavy atom. The summed E-state index contributed by atoms with van der Waals surface area (Å²) in [7, 11) is 0. The van der Waals surface area contributed by atoms with Crippen molar-refractivity contribution >= 4 is 23.4 Å². The van der Waals surface area contributed by atoms with Crippen LogP contribution in [0.2, 0.25) is 0 Å². The molecular formula is C13H17N3O3S. The number of benzene rings is 1. The third-order valence-electron chi connectivity index (χ3n) is 3.10.